The number of benzene rings is 1. The van der Waals surface area contributed by atoms with Gasteiger partial charge in [-0.25, -0.2) is 0 Å². The molecule has 0 aromatic heterocycles. The molecule has 1 rings (SSSR count). The molecule has 0 spiro atoms. The van der Waals surface area contributed by atoms with Crippen molar-refractivity contribution in [2.45, 2.75) is 26.7 Å². The Morgan fingerprint density at radius 3 is 2.69 bits per heavy atom. The van der Waals surface area contributed by atoms with E-state index in [0.717, 1.165) is 36.4 Å². The molecule has 0 saturated heterocycles. The normalized spacial score (nSPS) is 10.0. The summed E-state index contributed by atoms with van der Waals surface area (Å²) >= 11 is 0. The lowest BCUT2D eigenvalue weighted by molar-refractivity contribution is 0.309. The number of hydrogen-bond donors (Lipinski definition) is 1. The van der Waals surface area contributed by atoms with Gasteiger partial charge in [-0.2, -0.15) is 0 Å². The van der Waals surface area contributed by atoms with Gasteiger partial charge >= 0.3 is 0 Å². The van der Waals surface area contributed by atoms with Crippen molar-refractivity contribution in [2.24, 2.45) is 0 Å². The second-order valence-corrected chi connectivity index (χ2v) is 3.28. The Balaban J connectivity index is 2.56. The molecule has 1 aromatic carbocycles. The van der Waals surface area contributed by atoms with Crippen molar-refractivity contribution < 1.29 is 4.74 Å². The number of ether oxygens (including phenoxy) is 1. The fourth-order valence-electron chi connectivity index (χ4n) is 1.19. The van der Waals surface area contributed by atoms with E-state index in [1.54, 1.807) is 0 Å². The van der Waals surface area contributed by atoms with Gasteiger partial charge in [-0.3, -0.25) is 0 Å². The Morgan fingerprint density at radius 2 is 2.08 bits per heavy atom. The molecule has 0 aliphatic rings. The Hall–Kier alpha value is -1.18. The standard InChI is InChI=1S/C11H17NO/c1-3-4-5-13-11-7-9(2)6-10(12)8-11/h6-8H,3-5,12H2,1-2H3. The molecule has 0 atom stereocenters. The fraction of sp³-hybridized carbons (Fsp3) is 0.455. The maximum absolute atomic E-state index is 5.68. The summed E-state index contributed by atoms with van der Waals surface area (Å²) in [6, 6.07) is 5.81. The Morgan fingerprint density at radius 1 is 1.31 bits per heavy atom. The largest absolute Gasteiger partial charge is 0.494 e. The lowest BCUT2D eigenvalue weighted by Crippen LogP contribution is -1.97. The molecule has 0 bridgehead atoms. The average molecular weight is 179 g/mol. The molecule has 0 amide bonds. The van der Waals surface area contributed by atoms with E-state index in [1.807, 2.05) is 25.1 Å². The predicted molar refractivity (Wildman–Crippen MR) is 56.0 cm³/mol. The summed E-state index contributed by atoms with van der Waals surface area (Å²) in [5.41, 5.74) is 7.60. The second kappa shape index (κ2) is 4.75. The number of hydrogen-bond acceptors (Lipinski definition) is 2. The van der Waals surface area contributed by atoms with Crippen molar-refractivity contribution in [3.8, 4) is 5.75 Å². The molecular formula is C11H17NO. The van der Waals surface area contributed by atoms with Crippen molar-refractivity contribution >= 4 is 5.69 Å². The molecule has 0 aliphatic heterocycles. The molecule has 0 radical (unpaired) electrons. The van der Waals surface area contributed by atoms with Crippen LogP contribution in [0.5, 0.6) is 5.75 Å². The van der Waals surface area contributed by atoms with Crippen LogP contribution in [-0.4, -0.2) is 6.61 Å². The molecule has 72 valence electrons. The molecule has 1 aromatic rings. The predicted octanol–water partition coefficient (Wildman–Crippen LogP) is 2.76. The van der Waals surface area contributed by atoms with Crippen LogP contribution >= 0.6 is 0 Å². The summed E-state index contributed by atoms with van der Waals surface area (Å²) in [6.45, 7) is 4.94. The minimum absolute atomic E-state index is 0.770. The first kappa shape index (κ1) is 9.90. The number of unbranched alkanes of at least 4 members (excludes halogenated alkanes) is 1. The number of rotatable bonds is 4. The third-order valence-corrected chi connectivity index (χ3v) is 1.84. The topological polar surface area (TPSA) is 35.2 Å². The van der Waals surface area contributed by atoms with E-state index in [-0.39, 0.29) is 0 Å². The lowest BCUT2D eigenvalue weighted by atomic mass is 10.2. The van der Waals surface area contributed by atoms with Gasteiger partial charge in [-0.15, -0.1) is 0 Å². The Bertz CT molecular complexity index is 251. The van der Waals surface area contributed by atoms with Gasteiger partial charge in [0.2, 0.25) is 0 Å². The van der Waals surface area contributed by atoms with Gasteiger partial charge in [0, 0.05) is 11.8 Å². The van der Waals surface area contributed by atoms with Crippen LogP contribution in [0.1, 0.15) is 25.3 Å². The number of nitrogen functional groups attached to an aromatic ring is 1. The van der Waals surface area contributed by atoms with E-state index in [2.05, 4.69) is 6.92 Å². The van der Waals surface area contributed by atoms with Crippen LogP contribution < -0.4 is 10.5 Å². The van der Waals surface area contributed by atoms with Crippen LogP contribution in [0.3, 0.4) is 0 Å². The van der Waals surface area contributed by atoms with Crippen LogP contribution in [0.4, 0.5) is 5.69 Å². The van der Waals surface area contributed by atoms with Crippen molar-refractivity contribution in [2.75, 3.05) is 12.3 Å². The van der Waals surface area contributed by atoms with Crippen LogP contribution in [-0.2, 0) is 0 Å². The minimum atomic E-state index is 0.770. The highest BCUT2D eigenvalue weighted by atomic mass is 16.5. The molecular weight excluding hydrogens is 162 g/mol. The quantitative estimate of drug-likeness (QED) is 0.569. The van der Waals surface area contributed by atoms with Crippen LogP contribution in [0, 0.1) is 6.92 Å². The van der Waals surface area contributed by atoms with Gasteiger partial charge in [0.25, 0.3) is 0 Å². The number of anilines is 1. The molecule has 2 N–H and O–H groups in total. The highest BCUT2D eigenvalue weighted by Crippen LogP contribution is 2.18. The molecule has 0 heterocycles. The zero-order chi connectivity index (χ0) is 9.68. The van der Waals surface area contributed by atoms with E-state index in [1.165, 1.54) is 0 Å². The van der Waals surface area contributed by atoms with Crippen LogP contribution in [0.15, 0.2) is 18.2 Å². The van der Waals surface area contributed by atoms with Crippen molar-refractivity contribution in [1.82, 2.24) is 0 Å². The molecule has 0 fully saturated rings. The van der Waals surface area contributed by atoms with Gasteiger partial charge < -0.3 is 10.5 Å². The van der Waals surface area contributed by atoms with Gasteiger partial charge in [0.15, 0.2) is 0 Å². The van der Waals surface area contributed by atoms with Crippen LogP contribution in [0.25, 0.3) is 0 Å². The SMILES string of the molecule is CCCCOc1cc(C)cc(N)c1. The number of nitrogens with two attached hydrogens (primary N) is 1. The first-order valence-electron chi connectivity index (χ1n) is 4.72. The Labute approximate surface area is 79.7 Å². The summed E-state index contributed by atoms with van der Waals surface area (Å²) in [6.07, 6.45) is 2.25. The first-order chi connectivity index (χ1) is 6.22. The summed E-state index contributed by atoms with van der Waals surface area (Å²) in [5, 5.41) is 0. The highest BCUT2D eigenvalue weighted by Gasteiger charge is 1.96. The molecule has 0 saturated carbocycles. The Kier molecular flexibility index (Phi) is 3.62. The van der Waals surface area contributed by atoms with E-state index < -0.39 is 0 Å². The van der Waals surface area contributed by atoms with E-state index in [9.17, 15) is 0 Å². The molecule has 2 heteroatoms. The molecule has 0 aliphatic carbocycles. The van der Waals surface area contributed by atoms with Gasteiger partial charge in [-0.05, 0) is 31.0 Å². The second-order valence-electron chi connectivity index (χ2n) is 3.28. The van der Waals surface area contributed by atoms with Gasteiger partial charge in [0.05, 0.1) is 6.61 Å². The van der Waals surface area contributed by atoms with E-state index >= 15 is 0 Å². The van der Waals surface area contributed by atoms with E-state index in [4.69, 9.17) is 10.5 Å². The third-order valence-electron chi connectivity index (χ3n) is 1.84. The summed E-state index contributed by atoms with van der Waals surface area (Å²) in [5.74, 6) is 0.881. The molecule has 2 nitrogen and oxygen atoms in total. The maximum atomic E-state index is 5.68. The third kappa shape index (κ3) is 3.36. The van der Waals surface area contributed by atoms with Gasteiger partial charge in [0.1, 0.15) is 5.75 Å². The van der Waals surface area contributed by atoms with Crippen molar-refractivity contribution in [3.63, 3.8) is 0 Å². The van der Waals surface area contributed by atoms with Crippen molar-refractivity contribution in [1.29, 1.82) is 0 Å². The zero-order valence-electron chi connectivity index (χ0n) is 8.34. The minimum Gasteiger partial charge on any atom is -0.494 e. The van der Waals surface area contributed by atoms with Gasteiger partial charge in [-0.1, -0.05) is 13.3 Å². The first-order valence-corrected chi connectivity index (χ1v) is 4.72. The summed E-state index contributed by atoms with van der Waals surface area (Å²) < 4.78 is 5.53. The van der Waals surface area contributed by atoms with Crippen LogP contribution in [0.2, 0.25) is 0 Å². The average Bonchev–Trinajstić information content (AvgIpc) is 2.03. The summed E-state index contributed by atoms with van der Waals surface area (Å²) in [4.78, 5) is 0. The maximum Gasteiger partial charge on any atom is 0.121 e. The summed E-state index contributed by atoms with van der Waals surface area (Å²) in [7, 11) is 0. The van der Waals surface area contributed by atoms with E-state index in [0.29, 0.717) is 0 Å². The fourth-order valence-corrected chi connectivity index (χ4v) is 1.19. The molecule has 0 unspecified atom stereocenters. The lowest BCUT2D eigenvalue weighted by Gasteiger charge is -2.06. The monoisotopic (exact) mass is 179 g/mol. The van der Waals surface area contributed by atoms with Crippen molar-refractivity contribution in [3.05, 3.63) is 23.8 Å². The zero-order valence-corrected chi connectivity index (χ0v) is 8.34. The molecule has 13 heavy (non-hydrogen) atoms. The highest BCUT2D eigenvalue weighted by molar-refractivity contribution is 5.47. The smallest absolute Gasteiger partial charge is 0.121 e. The number of aryl methyl sites for hydroxylation is 1.